The van der Waals surface area contributed by atoms with Crippen molar-refractivity contribution in [1.29, 1.82) is 0 Å². The van der Waals surface area contributed by atoms with E-state index >= 15 is 0 Å². The highest BCUT2D eigenvalue weighted by Gasteiger charge is 2.05. The fourth-order valence-electron chi connectivity index (χ4n) is 1.71. The summed E-state index contributed by atoms with van der Waals surface area (Å²) in [5.41, 5.74) is 1.90. The molecule has 0 radical (unpaired) electrons. The molecule has 0 aliphatic carbocycles. The molecule has 1 unspecified atom stereocenters. The Morgan fingerprint density at radius 3 is 2.78 bits per heavy atom. The molecule has 2 aromatic heterocycles. The predicted molar refractivity (Wildman–Crippen MR) is 68.6 cm³/mol. The number of hydrogen-bond donors (Lipinski definition) is 1. The van der Waals surface area contributed by atoms with Gasteiger partial charge in [-0.15, -0.1) is 0 Å². The third-order valence-electron chi connectivity index (χ3n) is 2.75. The summed E-state index contributed by atoms with van der Waals surface area (Å²) in [4.78, 5) is 8.31. The molecule has 0 spiro atoms. The molecular formula is C14H16FN3. The van der Waals surface area contributed by atoms with Crippen LogP contribution in [0.1, 0.15) is 24.4 Å². The van der Waals surface area contributed by atoms with Crippen molar-refractivity contribution in [2.24, 2.45) is 0 Å². The minimum Gasteiger partial charge on any atom is -0.308 e. The maximum Gasteiger partial charge on any atom is 0.141 e. The van der Waals surface area contributed by atoms with Gasteiger partial charge in [-0.2, -0.15) is 0 Å². The molecule has 0 saturated carbocycles. The average Bonchev–Trinajstić information content (AvgIpc) is 2.40. The minimum absolute atomic E-state index is 0.106. The van der Waals surface area contributed by atoms with Crippen molar-refractivity contribution in [3.63, 3.8) is 0 Å². The number of aromatic nitrogens is 2. The zero-order valence-electron chi connectivity index (χ0n) is 10.3. The zero-order valence-corrected chi connectivity index (χ0v) is 10.3. The molecule has 4 heteroatoms. The molecule has 1 atom stereocenters. The van der Waals surface area contributed by atoms with Crippen molar-refractivity contribution in [1.82, 2.24) is 15.3 Å². The number of rotatable bonds is 5. The van der Waals surface area contributed by atoms with E-state index in [0.29, 0.717) is 0 Å². The molecule has 2 heterocycles. The van der Waals surface area contributed by atoms with Crippen LogP contribution in [0.2, 0.25) is 0 Å². The van der Waals surface area contributed by atoms with E-state index in [0.717, 1.165) is 24.4 Å². The summed E-state index contributed by atoms with van der Waals surface area (Å²) in [6.45, 7) is 2.83. The quantitative estimate of drug-likeness (QED) is 0.879. The summed E-state index contributed by atoms with van der Waals surface area (Å²) in [5, 5.41) is 3.34. The summed E-state index contributed by atoms with van der Waals surface area (Å²) in [6.07, 6.45) is 3.90. The minimum atomic E-state index is -0.306. The van der Waals surface area contributed by atoms with E-state index < -0.39 is 0 Å². The largest absolute Gasteiger partial charge is 0.308 e. The first kappa shape index (κ1) is 12.6. The summed E-state index contributed by atoms with van der Waals surface area (Å²) >= 11 is 0. The van der Waals surface area contributed by atoms with Crippen molar-refractivity contribution in [2.45, 2.75) is 19.4 Å². The monoisotopic (exact) mass is 245 g/mol. The Morgan fingerprint density at radius 2 is 2.11 bits per heavy atom. The van der Waals surface area contributed by atoms with Crippen LogP contribution in [0, 0.1) is 5.82 Å². The second-order valence-electron chi connectivity index (χ2n) is 4.15. The smallest absolute Gasteiger partial charge is 0.141 e. The summed E-state index contributed by atoms with van der Waals surface area (Å²) in [5.74, 6) is -0.306. The summed E-state index contributed by atoms with van der Waals surface area (Å²) in [6, 6.07) is 9.12. The normalized spacial score (nSPS) is 12.3. The van der Waals surface area contributed by atoms with E-state index in [9.17, 15) is 4.39 Å². The van der Waals surface area contributed by atoms with Crippen molar-refractivity contribution >= 4 is 0 Å². The molecule has 94 valence electrons. The Balaban J connectivity index is 1.81. The Hall–Kier alpha value is -1.81. The van der Waals surface area contributed by atoms with Crippen LogP contribution in [0.25, 0.3) is 0 Å². The summed E-state index contributed by atoms with van der Waals surface area (Å²) < 4.78 is 12.7. The molecule has 0 saturated heterocycles. The first-order chi connectivity index (χ1) is 8.75. The van der Waals surface area contributed by atoms with Crippen LogP contribution >= 0.6 is 0 Å². The Kier molecular flexibility index (Phi) is 4.36. The molecular weight excluding hydrogens is 229 g/mol. The van der Waals surface area contributed by atoms with Crippen LogP contribution in [0.3, 0.4) is 0 Å². The van der Waals surface area contributed by atoms with Crippen LogP contribution in [0.4, 0.5) is 4.39 Å². The van der Waals surface area contributed by atoms with E-state index in [1.807, 2.05) is 25.1 Å². The number of halogens is 1. The molecule has 2 rings (SSSR count). The lowest BCUT2D eigenvalue weighted by molar-refractivity contribution is 0.555. The van der Waals surface area contributed by atoms with Gasteiger partial charge in [0, 0.05) is 30.9 Å². The van der Waals surface area contributed by atoms with Crippen LogP contribution in [-0.4, -0.2) is 16.5 Å². The van der Waals surface area contributed by atoms with E-state index in [2.05, 4.69) is 15.3 Å². The fraction of sp³-hybridized carbons (Fsp3) is 0.286. The Bertz CT molecular complexity index is 470. The topological polar surface area (TPSA) is 37.8 Å². The number of nitrogens with one attached hydrogen (secondary N) is 1. The zero-order chi connectivity index (χ0) is 12.8. The van der Waals surface area contributed by atoms with Gasteiger partial charge in [0.25, 0.3) is 0 Å². The van der Waals surface area contributed by atoms with Gasteiger partial charge < -0.3 is 5.32 Å². The maximum absolute atomic E-state index is 12.7. The van der Waals surface area contributed by atoms with Gasteiger partial charge in [-0.3, -0.25) is 9.97 Å². The molecule has 0 amide bonds. The number of pyridine rings is 2. The van der Waals surface area contributed by atoms with Crippen molar-refractivity contribution in [3.8, 4) is 0 Å². The lowest BCUT2D eigenvalue weighted by Gasteiger charge is -2.12. The van der Waals surface area contributed by atoms with E-state index in [-0.39, 0.29) is 11.9 Å². The Morgan fingerprint density at radius 1 is 1.22 bits per heavy atom. The molecule has 3 nitrogen and oxygen atoms in total. The maximum atomic E-state index is 12.7. The molecule has 0 fully saturated rings. The molecule has 0 aromatic carbocycles. The van der Waals surface area contributed by atoms with Crippen molar-refractivity contribution in [3.05, 3.63) is 59.9 Å². The molecule has 2 aromatic rings. The number of hydrogen-bond acceptors (Lipinski definition) is 3. The highest BCUT2D eigenvalue weighted by atomic mass is 19.1. The average molecular weight is 245 g/mol. The van der Waals surface area contributed by atoms with Crippen LogP contribution in [-0.2, 0) is 6.42 Å². The van der Waals surface area contributed by atoms with Gasteiger partial charge >= 0.3 is 0 Å². The third-order valence-corrected chi connectivity index (χ3v) is 2.75. The van der Waals surface area contributed by atoms with Crippen LogP contribution in [0.15, 0.2) is 42.7 Å². The Labute approximate surface area is 106 Å². The molecule has 0 bridgehead atoms. The van der Waals surface area contributed by atoms with Gasteiger partial charge in [0.05, 0.1) is 11.9 Å². The van der Waals surface area contributed by atoms with Gasteiger partial charge in [0.1, 0.15) is 5.82 Å². The third kappa shape index (κ3) is 3.60. The van der Waals surface area contributed by atoms with E-state index in [1.165, 1.54) is 12.3 Å². The molecule has 0 aliphatic heterocycles. The van der Waals surface area contributed by atoms with Gasteiger partial charge in [-0.05, 0) is 31.2 Å². The first-order valence-electron chi connectivity index (χ1n) is 6.00. The van der Waals surface area contributed by atoms with Crippen molar-refractivity contribution < 1.29 is 4.39 Å². The fourth-order valence-corrected chi connectivity index (χ4v) is 1.71. The van der Waals surface area contributed by atoms with Gasteiger partial charge in [0.2, 0.25) is 0 Å². The second kappa shape index (κ2) is 6.21. The van der Waals surface area contributed by atoms with Crippen LogP contribution < -0.4 is 5.32 Å². The van der Waals surface area contributed by atoms with Crippen molar-refractivity contribution in [2.75, 3.05) is 6.54 Å². The SMILES string of the molecule is CC(NCCc1ccccn1)c1ccc(F)cn1. The van der Waals surface area contributed by atoms with Gasteiger partial charge in [0.15, 0.2) is 0 Å². The van der Waals surface area contributed by atoms with E-state index in [1.54, 1.807) is 12.3 Å². The lowest BCUT2D eigenvalue weighted by atomic mass is 10.2. The first-order valence-corrected chi connectivity index (χ1v) is 6.00. The van der Waals surface area contributed by atoms with Crippen LogP contribution in [0.5, 0.6) is 0 Å². The van der Waals surface area contributed by atoms with E-state index in [4.69, 9.17) is 0 Å². The molecule has 1 N–H and O–H groups in total. The second-order valence-corrected chi connectivity index (χ2v) is 4.15. The highest BCUT2D eigenvalue weighted by molar-refractivity contribution is 5.09. The highest BCUT2D eigenvalue weighted by Crippen LogP contribution is 2.09. The summed E-state index contributed by atoms with van der Waals surface area (Å²) in [7, 11) is 0. The predicted octanol–water partition coefficient (Wildman–Crippen LogP) is 2.51. The number of nitrogens with zero attached hydrogens (tertiary/aromatic N) is 2. The molecule has 0 aliphatic rings. The van der Waals surface area contributed by atoms with Gasteiger partial charge in [-0.25, -0.2) is 4.39 Å². The lowest BCUT2D eigenvalue weighted by Crippen LogP contribution is -2.22. The molecule has 18 heavy (non-hydrogen) atoms. The standard InChI is InChI=1S/C14H16FN3/c1-11(14-6-5-12(15)10-18-14)16-9-7-13-4-2-3-8-17-13/h2-6,8,10-11,16H,7,9H2,1H3. The van der Waals surface area contributed by atoms with Gasteiger partial charge in [-0.1, -0.05) is 6.07 Å².